The maximum Gasteiger partial charge on any atom is 0.270 e. The molecule has 9 nitrogen and oxygen atoms in total. The third-order valence-corrected chi connectivity index (χ3v) is 4.94. The molecule has 0 unspecified atom stereocenters. The molecule has 146 valence electrons. The molecular weight excluding hydrogens is 358 g/mol. The van der Waals surface area contributed by atoms with Crippen LogP contribution in [0.1, 0.15) is 51.9 Å². The summed E-state index contributed by atoms with van der Waals surface area (Å²) in [6, 6.07) is 3.71. The van der Waals surface area contributed by atoms with Crippen molar-refractivity contribution < 1.29 is 9.59 Å². The minimum atomic E-state index is -0.382. The maximum atomic E-state index is 12.8. The van der Waals surface area contributed by atoms with E-state index in [1.165, 1.54) is 0 Å². The Morgan fingerprint density at radius 1 is 1.14 bits per heavy atom. The van der Waals surface area contributed by atoms with Crippen LogP contribution in [0, 0.1) is 20.8 Å². The number of hydrogen-bond acceptors (Lipinski definition) is 5. The van der Waals surface area contributed by atoms with Gasteiger partial charge in [0.1, 0.15) is 6.54 Å². The van der Waals surface area contributed by atoms with E-state index in [0.717, 1.165) is 35.6 Å². The van der Waals surface area contributed by atoms with Gasteiger partial charge in [-0.3, -0.25) is 29.8 Å². The van der Waals surface area contributed by atoms with Gasteiger partial charge in [-0.25, -0.2) is 4.98 Å². The van der Waals surface area contributed by atoms with Crippen LogP contribution >= 0.6 is 0 Å². The molecule has 0 aromatic carbocycles. The fourth-order valence-electron chi connectivity index (χ4n) is 3.44. The molecule has 3 aromatic heterocycles. The highest BCUT2D eigenvalue weighted by atomic mass is 16.2. The molecule has 1 saturated carbocycles. The molecule has 0 aliphatic heterocycles. The van der Waals surface area contributed by atoms with Crippen LogP contribution in [0.2, 0.25) is 0 Å². The summed E-state index contributed by atoms with van der Waals surface area (Å²) >= 11 is 0. The van der Waals surface area contributed by atoms with Crippen LogP contribution in [-0.2, 0) is 18.4 Å². The number of hydrogen-bond donors (Lipinski definition) is 2. The molecule has 0 atom stereocenters. The van der Waals surface area contributed by atoms with Crippen LogP contribution in [0.4, 0.5) is 0 Å². The van der Waals surface area contributed by atoms with Crippen molar-refractivity contribution in [3.8, 4) is 0 Å². The van der Waals surface area contributed by atoms with E-state index in [-0.39, 0.29) is 18.4 Å². The zero-order chi connectivity index (χ0) is 20.0. The molecule has 3 heterocycles. The Morgan fingerprint density at radius 2 is 1.89 bits per heavy atom. The number of rotatable bonds is 4. The minimum Gasteiger partial charge on any atom is -0.271 e. The Morgan fingerprint density at radius 3 is 2.54 bits per heavy atom. The number of fused-ring (bicyclic) bond motifs is 1. The average molecular weight is 381 g/mol. The third-order valence-electron chi connectivity index (χ3n) is 4.94. The molecule has 0 bridgehead atoms. The van der Waals surface area contributed by atoms with Crippen molar-refractivity contribution in [3.63, 3.8) is 0 Å². The van der Waals surface area contributed by atoms with Gasteiger partial charge in [-0.1, -0.05) is 0 Å². The summed E-state index contributed by atoms with van der Waals surface area (Å²) < 4.78 is 3.28. The summed E-state index contributed by atoms with van der Waals surface area (Å²) in [5, 5.41) is 9.35. The Kier molecular flexibility index (Phi) is 4.37. The lowest BCUT2D eigenvalue weighted by Gasteiger charge is -2.10. The monoisotopic (exact) mass is 381 g/mol. The van der Waals surface area contributed by atoms with E-state index >= 15 is 0 Å². The van der Waals surface area contributed by atoms with Gasteiger partial charge in [0.05, 0.1) is 22.3 Å². The minimum absolute atomic E-state index is 0.0327. The molecule has 28 heavy (non-hydrogen) atoms. The number of amides is 2. The van der Waals surface area contributed by atoms with Gasteiger partial charge < -0.3 is 0 Å². The van der Waals surface area contributed by atoms with E-state index in [0.29, 0.717) is 22.5 Å². The Hall–Kier alpha value is -3.23. The van der Waals surface area contributed by atoms with E-state index < -0.39 is 0 Å². The van der Waals surface area contributed by atoms with Crippen molar-refractivity contribution in [2.24, 2.45) is 7.05 Å². The summed E-state index contributed by atoms with van der Waals surface area (Å²) in [5.41, 5.74) is 9.50. The lowest BCUT2D eigenvalue weighted by Crippen LogP contribution is -2.43. The van der Waals surface area contributed by atoms with E-state index in [9.17, 15) is 9.59 Å². The van der Waals surface area contributed by atoms with Crippen molar-refractivity contribution in [2.75, 3.05) is 0 Å². The molecule has 2 N–H and O–H groups in total. The number of aryl methyl sites for hydroxylation is 4. The van der Waals surface area contributed by atoms with Crippen LogP contribution < -0.4 is 10.9 Å². The molecule has 3 aromatic rings. The summed E-state index contributed by atoms with van der Waals surface area (Å²) in [7, 11) is 1.82. The van der Waals surface area contributed by atoms with Crippen molar-refractivity contribution in [2.45, 2.75) is 46.1 Å². The van der Waals surface area contributed by atoms with Gasteiger partial charge in [0.15, 0.2) is 5.65 Å². The first-order valence-corrected chi connectivity index (χ1v) is 9.28. The van der Waals surface area contributed by atoms with E-state index in [1.807, 2.05) is 40.0 Å². The zero-order valence-electron chi connectivity index (χ0n) is 16.4. The van der Waals surface area contributed by atoms with E-state index in [1.54, 1.807) is 9.36 Å². The second-order valence-electron chi connectivity index (χ2n) is 7.36. The maximum absolute atomic E-state index is 12.8. The largest absolute Gasteiger partial charge is 0.271 e. The zero-order valence-corrected chi connectivity index (χ0v) is 16.4. The Labute approximate surface area is 162 Å². The fourth-order valence-corrected chi connectivity index (χ4v) is 3.44. The first kappa shape index (κ1) is 18.1. The van der Waals surface area contributed by atoms with Gasteiger partial charge in [-0.15, -0.1) is 0 Å². The summed E-state index contributed by atoms with van der Waals surface area (Å²) in [6.45, 7) is 5.62. The number of nitrogens with zero attached hydrogens (tertiary/aromatic N) is 5. The third kappa shape index (κ3) is 3.35. The molecule has 0 radical (unpaired) electrons. The first-order chi connectivity index (χ1) is 13.3. The van der Waals surface area contributed by atoms with E-state index in [4.69, 9.17) is 0 Å². The van der Waals surface area contributed by atoms with Gasteiger partial charge in [-0.2, -0.15) is 10.2 Å². The number of aromatic nitrogens is 5. The molecule has 1 aliphatic carbocycles. The molecule has 1 aliphatic rings. The van der Waals surface area contributed by atoms with Gasteiger partial charge in [0.25, 0.3) is 11.8 Å². The van der Waals surface area contributed by atoms with E-state index in [2.05, 4.69) is 26.0 Å². The normalized spacial score (nSPS) is 13.7. The summed E-state index contributed by atoms with van der Waals surface area (Å²) in [4.78, 5) is 29.7. The Bertz CT molecular complexity index is 1090. The quantitative estimate of drug-likeness (QED) is 0.665. The highest BCUT2D eigenvalue weighted by Gasteiger charge is 2.28. The molecule has 4 rings (SSSR count). The lowest BCUT2D eigenvalue weighted by atomic mass is 10.1. The molecule has 2 amide bonds. The number of carbonyl (C=O) groups is 2. The molecule has 0 saturated heterocycles. The predicted octanol–water partition coefficient (Wildman–Crippen LogP) is 1.43. The predicted molar refractivity (Wildman–Crippen MR) is 103 cm³/mol. The lowest BCUT2D eigenvalue weighted by molar-refractivity contribution is -0.122. The standard InChI is InChI=1S/C19H23N7O2/c1-10-7-11(2)26(23-10)9-16(27)21-22-19(28)14-8-15(13-5-6-13)20-18-17(14)12(3)24-25(18)4/h7-8,13H,5-6,9H2,1-4H3,(H,21,27)(H,22,28). The van der Waals surface area contributed by atoms with Crippen LogP contribution in [0.3, 0.4) is 0 Å². The molecule has 0 spiro atoms. The summed E-state index contributed by atoms with van der Waals surface area (Å²) in [6.07, 6.45) is 2.16. The number of pyridine rings is 1. The second-order valence-corrected chi connectivity index (χ2v) is 7.36. The number of hydrazine groups is 1. The smallest absolute Gasteiger partial charge is 0.270 e. The van der Waals surface area contributed by atoms with Crippen molar-refractivity contribution in [3.05, 3.63) is 40.5 Å². The van der Waals surface area contributed by atoms with Gasteiger partial charge in [0, 0.05) is 24.4 Å². The van der Waals surface area contributed by atoms with Crippen molar-refractivity contribution >= 4 is 22.8 Å². The Balaban J connectivity index is 1.53. The molecule has 9 heteroatoms. The second kappa shape index (κ2) is 6.74. The molecule has 1 fully saturated rings. The van der Waals surface area contributed by atoms with Gasteiger partial charge in [0.2, 0.25) is 0 Å². The summed E-state index contributed by atoms with van der Waals surface area (Å²) in [5.74, 6) is -0.339. The highest BCUT2D eigenvalue weighted by molar-refractivity contribution is 6.07. The van der Waals surface area contributed by atoms with Crippen LogP contribution in [-0.4, -0.2) is 36.4 Å². The van der Waals surface area contributed by atoms with Gasteiger partial charge >= 0.3 is 0 Å². The van der Waals surface area contributed by atoms with Crippen molar-refractivity contribution in [1.29, 1.82) is 0 Å². The van der Waals surface area contributed by atoms with Gasteiger partial charge in [-0.05, 0) is 45.7 Å². The first-order valence-electron chi connectivity index (χ1n) is 9.28. The number of carbonyl (C=O) groups excluding carboxylic acids is 2. The molecular formula is C19H23N7O2. The van der Waals surface area contributed by atoms with Crippen LogP contribution in [0.5, 0.6) is 0 Å². The average Bonchev–Trinajstić information content (AvgIpc) is 3.39. The highest BCUT2D eigenvalue weighted by Crippen LogP contribution is 2.40. The van der Waals surface area contributed by atoms with Crippen LogP contribution in [0.15, 0.2) is 12.1 Å². The van der Waals surface area contributed by atoms with Crippen molar-refractivity contribution in [1.82, 2.24) is 35.4 Å². The number of nitrogens with one attached hydrogen (secondary N) is 2. The fraction of sp³-hybridized carbons (Fsp3) is 0.421. The van der Waals surface area contributed by atoms with Crippen LogP contribution in [0.25, 0.3) is 11.0 Å². The topological polar surface area (TPSA) is 107 Å². The SMILES string of the molecule is Cc1cc(C)n(CC(=O)NNC(=O)c2cc(C3CC3)nc3c2c(C)nn3C)n1.